The van der Waals surface area contributed by atoms with E-state index in [9.17, 15) is 19.8 Å². The van der Waals surface area contributed by atoms with Crippen LogP contribution in [0.25, 0.3) is 23.1 Å². The molecule has 0 fully saturated rings. The van der Waals surface area contributed by atoms with E-state index in [0.717, 1.165) is 33.3 Å². The molecule has 0 aliphatic rings. The monoisotopic (exact) mass is 634 g/mol. The number of carboxylic acid groups (broad SMARTS) is 1. The van der Waals surface area contributed by atoms with Crippen LogP contribution in [-0.2, 0) is 6.42 Å². The lowest BCUT2D eigenvalue weighted by molar-refractivity contribution is 0.0281. The van der Waals surface area contributed by atoms with Gasteiger partial charge in [-0.05, 0) is 91.9 Å². The Kier molecular flexibility index (Phi) is 10.2. The summed E-state index contributed by atoms with van der Waals surface area (Å²) in [7, 11) is 0. The van der Waals surface area contributed by atoms with Crippen LogP contribution in [0.3, 0.4) is 0 Å². The van der Waals surface area contributed by atoms with E-state index in [-0.39, 0.29) is 17.7 Å². The van der Waals surface area contributed by atoms with Crippen molar-refractivity contribution in [3.63, 3.8) is 0 Å². The molecule has 46 heavy (non-hydrogen) atoms. The molecule has 0 aliphatic carbocycles. The second kappa shape index (κ2) is 14.4. The molecule has 1 aromatic heterocycles. The summed E-state index contributed by atoms with van der Waals surface area (Å²) in [6, 6.07) is 30.7. The number of aromatic carboxylic acids is 1. The maximum Gasteiger partial charge on any atom is 0.336 e. The van der Waals surface area contributed by atoms with Gasteiger partial charge >= 0.3 is 5.97 Å². The standard InChI is InChI=1S/C38H35ClN2O5/c1-38(2,45)24-46-35-13-6-3-9-27(35)17-21-33(41-36(42)31-11-4-5-12-32(31)37(43)44)28-10-7-8-25(22-28)14-19-30-20-16-26-15-18-29(39)23-34(26)40-30/h3-16,18-20,22-23,33,45H,17,21,24H2,1-2H3,(H,41,42)(H,43,44)/b19-14+. The molecule has 1 heterocycles. The topological polar surface area (TPSA) is 109 Å². The van der Waals surface area contributed by atoms with E-state index in [1.807, 2.05) is 91.0 Å². The van der Waals surface area contributed by atoms with Gasteiger partial charge in [-0.3, -0.25) is 4.79 Å². The maximum atomic E-state index is 13.5. The fraction of sp³-hybridized carbons (Fsp3) is 0.184. The SMILES string of the molecule is CC(C)(O)COc1ccccc1CCC(NC(=O)c1ccccc1C(=O)O)c1cccc(/C=C/c2ccc3ccc(Cl)cc3n2)c1. The lowest BCUT2D eigenvalue weighted by atomic mass is 9.96. The minimum Gasteiger partial charge on any atom is -0.490 e. The second-order valence-electron chi connectivity index (χ2n) is 11.7. The molecule has 5 rings (SSSR count). The summed E-state index contributed by atoms with van der Waals surface area (Å²) in [6.07, 6.45) is 4.94. The Balaban J connectivity index is 1.42. The van der Waals surface area contributed by atoms with Gasteiger partial charge in [0.15, 0.2) is 0 Å². The Morgan fingerprint density at radius 2 is 1.65 bits per heavy atom. The van der Waals surface area contributed by atoms with Gasteiger partial charge in [-0.2, -0.15) is 0 Å². The molecule has 0 saturated carbocycles. The summed E-state index contributed by atoms with van der Waals surface area (Å²) < 4.78 is 5.93. The fourth-order valence-corrected chi connectivity index (χ4v) is 5.26. The molecule has 0 spiro atoms. The summed E-state index contributed by atoms with van der Waals surface area (Å²) in [6.45, 7) is 3.50. The maximum absolute atomic E-state index is 13.5. The number of nitrogens with one attached hydrogen (secondary N) is 1. The predicted octanol–water partition coefficient (Wildman–Crippen LogP) is 8.01. The molecule has 4 aromatic carbocycles. The van der Waals surface area contributed by atoms with E-state index in [1.165, 1.54) is 12.1 Å². The van der Waals surface area contributed by atoms with Crippen LogP contribution in [0.1, 0.15) is 69.4 Å². The van der Waals surface area contributed by atoms with Gasteiger partial charge in [0.25, 0.3) is 5.91 Å². The minimum atomic E-state index is -1.17. The van der Waals surface area contributed by atoms with Crippen LogP contribution in [0.4, 0.5) is 0 Å². The molecule has 5 aromatic rings. The van der Waals surface area contributed by atoms with Gasteiger partial charge in [0, 0.05) is 10.4 Å². The van der Waals surface area contributed by atoms with Crippen molar-refractivity contribution in [3.05, 3.63) is 142 Å². The van der Waals surface area contributed by atoms with Crippen molar-refractivity contribution in [2.24, 2.45) is 0 Å². The number of nitrogens with zero attached hydrogens (tertiary/aromatic N) is 1. The highest BCUT2D eigenvalue weighted by atomic mass is 35.5. The Hall–Kier alpha value is -4.98. The number of hydrogen-bond donors (Lipinski definition) is 3. The van der Waals surface area contributed by atoms with E-state index in [2.05, 4.69) is 5.32 Å². The zero-order valence-electron chi connectivity index (χ0n) is 25.6. The van der Waals surface area contributed by atoms with Crippen LogP contribution in [0, 0.1) is 0 Å². The highest BCUT2D eigenvalue weighted by molar-refractivity contribution is 6.31. The number of rotatable bonds is 12. The third-order valence-corrected chi connectivity index (χ3v) is 7.63. The van der Waals surface area contributed by atoms with Gasteiger partial charge in [0.05, 0.1) is 34.0 Å². The van der Waals surface area contributed by atoms with Crippen LogP contribution < -0.4 is 10.1 Å². The van der Waals surface area contributed by atoms with E-state index in [0.29, 0.717) is 23.6 Å². The van der Waals surface area contributed by atoms with E-state index in [1.54, 1.807) is 26.0 Å². The van der Waals surface area contributed by atoms with Crippen molar-refractivity contribution < 1.29 is 24.5 Å². The van der Waals surface area contributed by atoms with Gasteiger partial charge in [-0.1, -0.05) is 78.3 Å². The lowest BCUT2D eigenvalue weighted by Gasteiger charge is -2.22. The highest BCUT2D eigenvalue weighted by Crippen LogP contribution is 2.27. The molecular weight excluding hydrogens is 600 g/mol. The smallest absolute Gasteiger partial charge is 0.336 e. The Labute approximate surface area is 273 Å². The third kappa shape index (κ3) is 8.59. The number of pyridine rings is 1. The number of amides is 1. The summed E-state index contributed by atoms with van der Waals surface area (Å²) in [5.41, 5.74) is 3.30. The molecule has 234 valence electrons. The number of carboxylic acids is 1. The molecule has 0 bridgehead atoms. The minimum absolute atomic E-state index is 0.0648. The molecule has 0 aliphatic heterocycles. The molecule has 0 radical (unpaired) electrons. The number of para-hydroxylation sites is 1. The molecule has 3 N–H and O–H groups in total. The third-order valence-electron chi connectivity index (χ3n) is 7.40. The van der Waals surface area contributed by atoms with Crippen molar-refractivity contribution in [1.29, 1.82) is 0 Å². The number of fused-ring (bicyclic) bond motifs is 1. The van der Waals surface area contributed by atoms with Crippen molar-refractivity contribution in [1.82, 2.24) is 10.3 Å². The van der Waals surface area contributed by atoms with Crippen molar-refractivity contribution in [2.45, 2.75) is 38.3 Å². The molecule has 7 nitrogen and oxygen atoms in total. The van der Waals surface area contributed by atoms with Gasteiger partial charge in [0.1, 0.15) is 12.4 Å². The normalized spacial score (nSPS) is 12.3. The molecule has 1 amide bonds. The number of benzene rings is 4. The van der Waals surface area contributed by atoms with Crippen LogP contribution in [0.15, 0.2) is 103 Å². The average molecular weight is 635 g/mol. The number of ether oxygens (including phenoxy) is 1. The first-order valence-electron chi connectivity index (χ1n) is 15.0. The number of aryl methyl sites for hydroxylation is 1. The first-order valence-corrected chi connectivity index (χ1v) is 15.3. The van der Waals surface area contributed by atoms with Gasteiger partial charge in [-0.25, -0.2) is 9.78 Å². The first kappa shape index (κ1) is 32.4. The number of hydrogen-bond acceptors (Lipinski definition) is 5. The van der Waals surface area contributed by atoms with Crippen molar-refractivity contribution >= 4 is 46.5 Å². The van der Waals surface area contributed by atoms with E-state index < -0.39 is 23.5 Å². The molecular formula is C38H35ClN2O5. The van der Waals surface area contributed by atoms with Gasteiger partial charge in [0.2, 0.25) is 0 Å². The number of carbonyl (C=O) groups excluding carboxylic acids is 1. The quantitative estimate of drug-likeness (QED) is 0.128. The summed E-state index contributed by atoms with van der Waals surface area (Å²) in [5, 5.41) is 24.6. The molecule has 0 saturated heterocycles. The zero-order chi connectivity index (χ0) is 32.7. The van der Waals surface area contributed by atoms with Gasteiger partial charge < -0.3 is 20.3 Å². The Morgan fingerprint density at radius 3 is 2.43 bits per heavy atom. The van der Waals surface area contributed by atoms with Crippen molar-refractivity contribution in [3.8, 4) is 5.75 Å². The summed E-state index contributed by atoms with van der Waals surface area (Å²) >= 11 is 6.16. The van der Waals surface area contributed by atoms with Crippen LogP contribution in [0.2, 0.25) is 5.02 Å². The summed E-state index contributed by atoms with van der Waals surface area (Å²) in [5.74, 6) is -0.988. The molecule has 1 unspecified atom stereocenters. The largest absolute Gasteiger partial charge is 0.490 e. The van der Waals surface area contributed by atoms with Crippen LogP contribution >= 0.6 is 11.6 Å². The van der Waals surface area contributed by atoms with E-state index in [4.69, 9.17) is 21.3 Å². The Morgan fingerprint density at radius 1 is 0.913 bits per heavy atom. The zero-order valence-corrected chi connectivity index (χ0v) is 26.4. The van der Waals surface area contributed by atoms with Gasteiger partial charge in [-0.15, -0.1) is 0 Å². The van der Waals surface area contributed by atoms with E-state index >= 15 is 0 Å². The first-order chi connectivity index (χ1) is 22.1. The number of carbonyl (C=O) groups is 2. The number of aromatic nitrogens is 1. The Bertz CT molecular complexity index is 1900. The van der Waals surface area contributed by atoms with Crippen molar-refractivity contribution in [2.75, 3.05) is 6.61 Å². The lowest BCUT2D eigenvalue weighted by Crippen LogP contribution is -2.30. The number of halogens is 1. The fourth-order valence-electron chi connectivity index (χ4n) is 5.09. The highest BCUT2D eigenvalue weighted by Gasteiger charge is 2.21. The van der Waals surface area contributed by atoms with Crippen LogP contribution in [0.5, 0.6) is 5.75 Å². The average Bonchev–Trinajstić information content (AvgIpc) is 3.04. The summed E-state index contributed by atoms with van der Waals surface area (Å²) in [4.78, 5) is 30.1. The molecule has 8 heteroatoms. The second-order valence-corrected chi connectivity index (χ2v) is 12.1. The number of aliphatic hydroxyl groups is 1. The predicted molar refractivity (Wildman–Crippen MR) is 182 cm³/mol. The molecule has 1 atom stereocenters. The van der Waals surface area contributed by atoms with Crippen LogP contribution in [-0.4, -0.2) is 39.3 Å².